The van der Waals surface area contributed by atoms with E-state index in [1.54, 1.807) is 16.0 Å². The molecule has 0 radical (unpaired) electrons. The third-order valence-corrected chi connectivity index (χ3v) is 9.79. The van der Waals surface area contributed by atoms with Crippen molar-refractivity contribution in [3.8, 4) is 28.1 Å². The van der Waals surface area contributed by atoms with Crippen LogP contribution in [-0.4, -0.2) is 81.6 Å². The third-order valence-electron chi connectivity index (χ3n) is 9.79. The number of aromatic amines is 2. The van der Waals surface area contributed by atoms with E-state index < -0.39 is 12.1 Å². The number of nitrogens with one attached hydrogen (secondary N) is 3. The van der Waals surface area contributed by atoms with Crippen molar-refractivity contribution in [3.63, 3.8) is 0 Å². The average Bonchev–Trinajstić information content (AvgIpc) is 3.86. The van der Waals surface area contributed by atoms with E-state index in [9.17, 15) is 14.4 Å². The van der Waals surface area contributed by atoms with Crippen LogP contribution in [0.15, 0.2) is 79.0 Å². The van der Waals surface area contributed by atoms with Crippen molar-refractivity contribution in [3.05, 3.63) is 102 Å². The summed E-state index contributed by atoms with van der Waals surface area (Å²) >= 11 is 0. The maximum atomic E-state index is 14.0. The molecule has 55 heavy (non-hydrogen) atoms. The minimum absolute atomic E-state index is 0.0395. The molecule has 0 aliphatic carbocycles. The highest BCUT2D eigenvalue weighted by molar-refractivity contribution is 6.09. The Morgan fingerprint density at radius 2 is 1.62 bits per heavy atom. The van der Waals surface area contributed by atoms with Gasteiger partial charge in [-0.05, 0) is 59.4 Å². The Labute approximate surface area is 319 Å². The number of hydrogen-bond acceptors (Lipinski definition) is 8. The number of amides is 3. The van der Waals surface area contributed by atoms with Gasteiger partial charge in [0, 0.05) is 36.5 Å². The largest absolute Gasteiger partial charge is 0.488 e. The predicted molar refractivity (Wildman–Crippen MR) is 209 cm³/mol. The number of methoxy groups -OCH3 is 2. The molecule has 1 aliphatic heterocycles. The molecule has 7 rings (SSSR count). The molecule has 6 aromatic rings. The van der Waals surface area contributed by atoms with Gasteiger partial charge < -0.3 is 39.3 Å². The van der Waals surface area contributed by atoms with E-state index in [4.69, 9.17) is 19.2 Å². The number of carbonyl (C=O) groups excluding carboxylic acids is 3. The van der Waals surface area contributed by atoms with Crippen LogP contribution in [0.2, 0.25) is 0 Å². The summed E-state index contributed by atoms with van der Waals surface area (Å²) in [6, 6.07) is 22.7. The highest BCUT2D eigenvalue weighted by Crippen LogP contribution is 2.44. The van der Waals surface area contributed by atoms with Gasteiger partial charge in [0.2, 0.25) is 11.8 Å². The quantitative estimate of drug-likeness (QED) is 0.109. The fourth-order valence-electron chi connectivity index (χ4n) is 7.20. The first kappa shape index (κ1) is 37.1. The highest BCUT2D eigenvalue weighted by atomic mass is 16.5. The second kappa shape index (κ2) is 16.4. The number of benzene rings is 4. The van der Waals surface area contributed by atoms with Crippen LogP contribution < -0.4 is 10.1 Å². The van der Waals surface area contributed by atoms with Gasteiger partial charge in [0.25, 0.3) is 0 Å². The van der Waals surface area contributed by atoms with Gasteiger partial charge >= 0.3 is 6.09 Å². The normalized spacial score (nSPS) is 12.4. The van der Waals surface area contributed by atoms with Crippen LogP contribution in [0.5, 0.6) is 5.75 Å². The monoisotopic (exact) mass is 743 g/mol. The van der Waals surface area contributed by atoms with Crippen molar-refractivity contribution in [2.75, 3.05) is 33.9 Å². The van der Waals surface area contributed by atoms with E-state index in [0.717, 1.165) is 68.3 Å². The Morgan fingerprint density at radius 3 is 2.38 bits per heavy atom. The molecular formula is C42H45N7O6. The number of fused-ring (bicyclic) bond motifs is 7. The van der Waals surface area contributed by atoms with Gasteiger partial charge in [0.05, 0.1) is 43.1 Å². The molecule has 2 aromatic heterocycles. The number of aromatic nitrogens is 4. The summed E-state index contributed by atoms with van der Waals surface area (Å²) in [5.41, 5.74) is 7.30. The van der Waals surface area contributed by atoms with Gasteiger partial charge in [0.1, 0.15) is 36.7 Å². The topological polar surface area (TPSA) is 155 Å². The molecule has 13 heteroatoms. The third kappa shape index (κ3) is 7.74. The molecule has 0 saturated carbocycles. The first-order valence-corrected chi connectivity index (χ1v) is 18.5. The van der Waals surface area contributed by atoms with Crippen LogP contribution in [0.3, 0.4) is 0 Å². The minimum Gasteiger partial charge on any atom is -0.488 e. The minimum atomic E-state index is -0.912. The maximum Gasteiger partial charge on any atom is 0.407 e. The zero-order chi connectivity index (χ0) is 38.5. The van der Waals surface area contributed by atoms with Crippen LogP contribution >= 0.6 is 0 Å². The first-order valence-electron chi connectivity index (χ1n) is 18.5. The van der Waals surface area contributed by atoms with Crippen molar-refractivity contribution >= 4 is 39.7 Å². The SMILES string of the molecule is CCCN(Cc1ncc(-c2ccc3c(c2)COc2c-3ccc3c2ccc2nc(CN(CCC)C(=O)[C@H](NC(=O)OC)c4ccccc4)[nH]c23)[nH]1)C(=O)COC. The summed E-state index contributed by atoms with van der Waals surface area (Å²) in [5, 5.41) is 4.63. The summed E-state index contributed by atoms with van der Waals surface area (Å²) in [4.78, 5) is 58.5. The second-order valence-electron chi connectivity index (χ2n) is 13.6. The van der Waals surface area contributed by atoms with E-state index >= 15 is 0 Å². The predicted octanol–water partition coefficient (Wildman–Crippen LogP) is 6.89. The fourth-order valence-corrected chi connectivity index (χ4v) is 7.20. The van der Waals surface area contributed by atoms with E-state index in [1.165, 1.54) is 14.2 Å². The molecule has 4 aromatic carbocycles. The number of carbonyl (C=O) groups is 3. The molecule has 0 saturated heterocycles. The van der Waals surface area contributed by atoms with Gasteiger partial charge in [-0.3, -0.25) is 9.59 Å². The summed E-state index contributed by atoms with van der Waals surface area (Å²) in [6.07, 6.45) is 2.68. The van der Waals surface area contributed by atoms with Gasteiger partial charge in [-0.1, -0.05) is 62.4 Å². The Kier molecular flexibility index (Phi) is 11.1. The molecule has 3 amide bonds. The van der Waals surface area contributed by atoms with Gasteiger partial charge in [-0.25, -0.2) is 14.8 Å². The Bertz CT molecular complexity index is 2340. The molecule has 0 bridgehead atoms. The number of rotatable bonds is 14. The van der Waals surface area contributed by atoms with Crippen LogP contribution in [-0.2, 0) is 38.8 Å². The van der Waals surface area contributed by atoms with Crippen molar-refractivity contribution in [1.82, 2.24) is 35.1 Å². The standard InChI is InChI=1S/C42H45N7O6/c1-5-18-48(37(50)25-53-3)22-35-43-21-34(45-35)27-12-13-29-28(20-27)24-55-40-31(29)15-14-30-32(40)16-17-33-39(30)46-36(44-33)23-49(19-6-2)41(51)38(47-42(52)54-4)26-10-8-7-9-11-26/h7-17,20-21,38H,5-6,18-19,22-25H2,1-4H3,(H,43,45)(H,44,46)(H,47,52)/t38-/m1/s1. The van der Waals surface area contributed by atoms with Crippen molar-refractivity contribution in [1.29, 1.82) is 0 Å². The van der Waals surface area contributed by atoms with Gasteiger partial charge in [-0.15, -0.1) is 0 Å². The molecular weight excluding hydrogens is 699 g/mol. The van der Waals surface area contributed by atoms with Crippen LogP contribution in [0.4, 0.5) is 4.79 Å². The van der Waals surface area contributed by atoms with Crippen molar-refractivity contribution < 1.29 is 28.6 Å². The molecule has 284 valence electrons. The molecule has 3 heterocycles. The number of nitrogens with zero attached hydrogens (tertiary/aromatic N) is 4. The lowest BCUT2D eigenvalue weighted by atomic mass is 9.92. The number of hydrogen-bond donors (Lipinski definition) is 3. The summed E-state index contributed by atoms with van der Waals surface area (Å²) < 4.78 is 16.4. The van der Waals surface area contributed by atoms with Crippen molar-refractivity contribution in [2.45, 2.75) is 52.4 Å². The number of H-pyrrole nitrogens is 2. The maximum absolute atomic E-state index is 14.0. The van der Waals surface area contributed by atoms with Crippen molar-refractivity contribution in [2.24, 2.45) is 0 Å². The number of ether oxygens (including phenoxy) is 3. The molecule has 0 unspecified atom stereocenters. The lowest BCUT2D eigenvalue weighted by Crippen LogP contribution is -2.43. The lowest BCUT2D eigenvalue weighted by molar-refractivity contribution is -0.136. The average molecular weight is 744 g/mol. The molecule has 1 aliphatic rings. The Morgan fingerprint density at radius 1 is 0.873 bits per heavy atom. The molecule has 0 spiro atoms. The number of alkyl carbamates (subject to hydrolysis) is 1. The smallest absolute Gasteiger partial charge is 0.407 e. The zero-order valence-electron chi connectivity index (χ0n) is 31.5. The fraction of sp³-hybridized carbons (Fsp3) is 0.310. The summed E-state index contributed by atoms with van der Waals surface area (Å²) in [7, 11) is 2.80. The van der Waals surface area contributed by atoms with E-state index in [0.29, 0.717) is 43.5 Å². The Balaban J connectivity index is 1.13. The van der Waals surface area contributed by atoms with Gasteiger partial charge in [0.15, 0.2) is 0 Å². The molecule has 0 fully saturated rings. The van der Waals surface area contributed by atoms with Crippen LogP contribution in [0.25, 0.3) is 44.2 Å². The van der Waals surface area contributed by atoms with Crippen LogP contribution in [0, 0.1) is 0 Å². The van der Waals surface area contributed by atoms with Crippen LogP contribution in [0.1, 0.15) is 55.5 Å². The summed E-state index contributed by atoms with van der Waals surface area (Å²) in [5.74, 6) is 1.83. The second-order valence-corrected chi connectivity index (χ2v) is 13.6. The van der Waals surface area contributed by atoms with Gasteiger partial charge in [-0.2, -0.15) is 0 Å². The molecule has 3 N–H and O–H groups in total. The lowest BCUT2D eigenvalue weighted by Gasteiger charge is -2.27. The number of imidazole rings is 2. The Hall–Kier alpha value is -6.21. The van der Waals surface area contributed by atoms with E-state index in [1.807, 2.05) is 56.3 Å². The molecule has 1 atom stereocenters. The zero-order valence-corrected chi connectivity index (χ0v) is 31.5. The van der Waals surface area contributed by atoms with E-state index in [-0.39, 0.29) is 25.0 Å². The highest BCUT2D eigenvalue weighted by Gasteiger charge is 2.29. The van der Waals surface area contributed by atoms with E-state index in [2.05, 4.69) is 50.6 Å². The summed E-state index contributed by atoms with van der Waals surface area (Å²) in [6.45, 7) is 6.19. The molecule has 13 nitrogen and oxygen atoms in total. The first-order chi connectivity index (χ1) is 26.8.